The fourth-order valence-electron chi connectivity index (χ4n) is 4.29. The minimum atomic E-state index is -0.623. The normalized spacial score (nSPS) is 14.7. The lowest BCUT2D eigenvalue weighted by atomic mass is 10.0. The molecule has 1 aliphatic rings. The van der Waals surface area contributed by atoms with Gasteiger partial charge in [0.25, 0.3) is 5.91 Å². The Morgan fingerprint density at radius 2 is 1.53 bits per heavy atom. The van der Waals surface area contributed by atoms with E-state index < -0.39 is 6.04 Å². The Labute approximate surface area is 201 Å². The summed E-state index contributed by atoms with van der Waals surface area (Å²) in [5, 5.41) is 3.00. The van der Waals surface area contributed by atoms with Crippen molar-refractivity contribution in [3.63, 3.8) is 0 Å². The minimum absolute atomic E-state index is 0.0373. The van der Waals surface area contributed by atoms with E-state index in [1.807, 2.05) is 65.6 Å². The van der Waals surface area contributed by atoms with Crippen molar-refractivity contribution in [1.29, 1.82) is 0 Å². The van der Waals surface area contributed by atoms with Crippen LogP contribution in [-0.2, 0) is 11.2 Å². The maximum atomic E-state index is 13.6. The van der Waals surface area contributed by atoms with Crippen LogP contribution in [0.5, 0.6) is 5.75 Å². The van der Waals surface area contributed by atoms with Gasteiger partial charge in [0.2, 0.25) is 5.91 Å². The monoisotopic (exact) mass is 457 g/mol. The molecule has 1 unspecified atom stereocenters. The number of methoxy groups -OCH3 is 1. The van der Waals surface area contributed by atoms with Crippen molar-refractivity contribution in [3.05, 3.63) is 96.1 Å². The molecule has 0 spiro atoms. The summed E-state index contributed by atoms with van der Waals surface area (Å²) in [6.07, 6.45) is 1.32. The molecule has 0 saturated carbocycles. The maximum absolute atomic E-state index is 13.6. The van der Waals surface area contributed by atoms with Gasteiger partial charge in [-0.05, 0) is 48.4 Å². The predicted octanol–water partition coefficient (Wildman–Crippen LogP) is 3.78. The zero-order valence-corrected chi connectivity index (χ0v) is 19.5. The zero-order valence-electron chi connectivity index (χ0n) is 19.5. The molecule has 34 heavy (non-hydrogen) atoms. The van der Waals surface area contributed by atoms with E-state index in [9.17, 15) is 9.59 Å². The molecule has 1 atom stereocenters. The molecule has 1 N–H and O–H groups in total. The van der Waals surface area contributed by atoms with E-state index in [-0.39, 0.29) is 11.8 Å². The van der Waals surface area contributed by atoms with Crippen molar-refractivity contribution in [2.75, 3.05) is 38.2 Å². The van der Waals surface area contributed by atoms with Gasteiger partial charge in [-0.15, -0.1) is 0 Å². The van der Waals surface area contributed by atoms with Gasteiger partial charge in [0, 0.05) is 43.9 Å². The van der Waals surface area contributed by atoms with Crippen molar-refractivity contribution in [3.8, 4) is 5.75 Å². The van der Waals surface area contributed by atoms with E-state index in [0.717, 1.165) is 36.5 Å². The first-order valence-corrected chi connectivity index (χ1v) is 11.7. The number of rotatable bonds is 7. The van der Waals surface area contributed by atoms with Gasteiger partial charge in [0.05, 0.1) is 7.11 Å². The highest BCUT2D eigenvalue weighted by molar-refractivity contribution is 5.97. The maximum Gasteiger partial charge on any atom is 0.251 e. The van der Waals surface area contributed by atoms with Gasteiger partial charge < -0.3 is 19.9 Å². The van der Waals surface area contributed by atoms with Gasteiger partial charge in [-0.1, -0.05) is 48.5 Å². The molecule has 176 valence electrons. The summed E-state index contributed by atoms with van der Waals surface area (Å²) in [6, 6.07) is 26.3. The molecule has 4 rings (SSSR count). The van der Waals surface area contributed by atoms with Crippen LogP contribution in [0.15, 0.2) is 84.9 Å². The number of amides is 2. The van der Waals surface area contributed by atoms with Crippen LogP contribution < -0.4 is 15.0 Å². The molecule has 0 aromatic heterocycles. The van der Waals surface area contributed by atoms with Crippen LogP contribution in [0, 0.1) is 0 Å². The van der Waals surface area contributed by atoms with Gasteiger partial charge in [-0.25, -0.2) is 0 Å². The van der Waals surface area contributed by atoms with E-state index in [1.54, 1.807) is 19.2 Å². The Morgan fingerprint density at radius 1 is 0.853 bits per heavy atom. The van der Waals surface area contributed by atoms with Crippen LogP contribution in [0.4, 0.5) is 5.69 Å². The Bertz CT molecular complexity index is 1070. The van der Waals surface area contributed by atoms with Crippen LogP contribution in [0.3, 0.4) is 0 Å². The Balaban J connectivity index is 1.46. The quantitative estimate of drug-likeness (QED) is 0.587. The highest BCUT2D eigenvalue weighted by Crippen LogP contribution is 2.21. The molecule has 0 aliphatic carbocycles. The lowest BCUT2D eigenvalue weighted by Crippen LogP contribution is -2.50. The summed E-state index contributed by atoms with van der Waals surface area (Å²) in [5.41, 5.74) is 2.69. The fourth-order valence-corrected chi connectivity index (χ4v) is 4.29. The zero-order chi connectivity index (χ0) is 23.8. The van der Waals surface area contributed by atoms with Crippen LogP contribution in [-0.4, -0.2) is 56.0 Å². The first-order valence-electron chi connectivity index (χ1n) is 11.7. The molecular weight excluding hydrogens is 426 g/mol. The summed E-state index contributed by atoms with van der Waals surface area (Å²) < 4.78 is 5.26. The molecule has 1 saturated heterocycles. The van der Waals surface area contributed by atoms with Crippen molar-refractivity contribution in [2.24, 2.45) is 0 Å². The second kappa shape index (κ2) is 11.4. The molecule has 0 bridgehead atoms. The van der Waals surface area contributed by atoms with Gasteiger partial charge in [0.1, 0.15) is 11.8 Å². The number of hydrogen-bond donors (Lipinski definition) is 1. The average molecular weight is 458 g/mol. The third kappa shape index (κ3) is 5.95. The fraction of sp³-hybridized carbons (Fsp3) is 0.286. The van der Waals surface area contributed by atoms with Gasteiger partial charge in [0.15, 0.2) is 0 Å². The topological polar surface area (TPSA) is 61.9 Å². The third-order valence-electron chi connectivity index (χ3n) is 6.17. The molecule has 6 nitrogen and oxygen atoms in total. The first kappa shape index (κ1) is 23.4. The number of nitrogens with one attached hydrogen (secondary N) is 1. The third-order valence-corrected chi connectivity index (χ3v) is 6.17. The minimum Gasteiger partial charge on any atom is -0.497 e. The summed E-state index contributed by atoms with van der Waals surface area (Å²) in [7, 11) is 1.66. The molecule has 1 fully saturated rings. The van der Waals surface area contributed by atoms with Gasteiger partial charge >= 0.3 is 0 Å². The van der Waals surface area contributed by atoms with Crippen molar-refractivity contribution < 1.29 is 14.3 Å². The summed E-state index contributed by atoms with van der Waals surface area (Å²) >= 11 is 0. The Hall–Kier alpha value is -3.80. The standard InChI is InChI=1S/C28H31N3O3/c1-34-25-15-13-24(14-16-25)30-17-8-18-31(20-19-30)28(33)26(21-22-9-4-2-5-10-22)29-27(32)23-11-6-3-7-12-23/h2-7,9-16,26H,8,17-21H2,1H3,(H,29,32). The number of carbonyl (C=O) groups excluding carboxylic acids is 2. The van der Waals surface area contributed by atoms with Gasteiger partial charge in [-0.3, -0.25) is 9.59 Å². The summed E-state index contributed by atoms with van der Waals surface area (Å²) in [6.45, 7) is 2.88. The summed E-state index contributed by atoms with van der Waals surface area (Å²) in [5.74, 6) is 0.558. The number of ether oxygens (including phenoxy) is 1. The van der Waals surface area contributed by atoms with Crippen LogP contribution in [0.25, 0.3) is 0 Å². The molecule has 1 heterocycles. The van der Waals surface area contributed by atoms with E-state index in [4.69, 9.17) is 4.74 Å². The smallest absolute Gasteiger partial charge is 0.251 e. The molecular formula is C28H31N3O3. The molecule has 2 amide bonds. The number of hydrogen-bond acceptors (Lipinski definition) is 4. The predicted molar refractivity (Wildman–Crippen MR) is 134 cm³/mol. The number of benzene rings is 3. The van der Waals surface area contributed by atoms with Gasteiger partial charge in [-0.2, -0.15) is 0 Å². The van der Waals surface area contributed by atoms with Crippen molar-refractivity contribution >= 4 is 17.5 Å². The largest absolute Gasteiger partial charge is 0.497 e. The summed E-state index contributed by atoms with van der Waals surface area (Å²) in [4.78, 5) is 30.7. The Morgan fingerprint density at radius 3 is 2.21 bits per heavy atom. The number of carbonyl (C=O) groups is 2. The van der Waals surface area contributed by atoms with Crippen molar-refractivity contribution in [1.82, 2.24) is 10.2 Å². The second-order valence-electron chi connectivity index (χ2n) is 8.45. The van der Waals surface area contributed by atoms with Crippen molar-refractivity contribution in [2.45, 2.75) is 18.9 Å². The van der Waals surface area contributed by atoms with Crippen LogP contribution >= 0.6 is 0 Å². The molecule has 1 aliphatic heterocycles. The molecule has 6 heteroatoms. The lowest BCUT2D eigenvalue weighted by Gasteiger charge is -2.27. The molecule has 3 aromatic carbocycles. The second-order valence-corrected chi connectivity index (χ2v) is 8.45. The number of anilines is 1. The van der Waals surface area contributed by atoms with Crippen LogP contribution in [0.2, 0.25) is 0 Å². The van der Waals surface area contributed by atoms with E-state index in [2.05, 4.69) is 22.3 Å². The van der Waals surface area contributed by atoms with E-state index >= 15 is 0 Å². The van der Waals surface area contributed by atoms with Crippen LogP contribution in [0.1, 0.15) is 22.3 Å². The first-order chi connectivity index (χ1) is 16.6. The highest BCUT2D eigenvalue weighted by Gasteiger charge is 2.28. The van der Waals surface area contributed by atoms with E-state index in [0.29, 0.717) is 25.1 Å². The lowest BCUT2D eigenvalue weighted by molar-refractivity contribution is -0.133. The SMILES string of the molecule is COc1ccc(N2CCCN(C(=O)C(Cc3ccccc3)NC(=O)c3ccccc3)CC2)cc1. The number of nitrogens with zero attached hydrogens (tertiary/aromatic N) is 2. The molecule has 3 aromatic rings. The highest BCUT2D eigenvalue weighted by atomic mass is 16.5. The Kier molecular flexibility index (Phi) is 7.81. The van der Waals surface area contributed by atoms with E-state index in [1.165, 1.54) is 0 Å². The molecule has 0 radical (unpaired) electrons. The average Bonchev–Trinajstić information content (AvgIpc) is 3.15.